The molecule has 1 aliphatic rings. The number of methoxy groups -OCH3 is 1. The molecular weight excluding hydrogens is 282 g/mol. The van der Waals surface area contributed by atoms with Crippen LogP contribution >= 0.6 is 15.9 Å². The molecule has 1 saturated heterocycles. The van der Waals surface area contributed by atoms with Crippen LogP contribution in [0.15, 0.2) is 16.7 Å². The number of halogens is 1. The second-order valence-electron chi connectivity index (χ2n) is 4.06. The van der Waals surface area contributed by atoms with Crippen LogP contribution in [0.25, 0.3) is 0 Å². The summed E-state index contributed by atoms with van der Waals surface area (Å²) in [6.07, 6.45) is 3.99. The van der Waals surface area contributed by atoms with E-state index in [-0.39, 0.29) is 0 Å². The van der Waals surface area contributed by atoms with Gasteiger partial charge in [0.25, 0.3) is 0 Å². The Bertz CT molecular complexity index is 436. The minimum Gasteiger partial charge on any atom is -0.381 e. The van der Waals surface area contributed by atoms with Crippen LogP contribution in [0.4, 0.5) is 5.69 Å². The number of pyridine rings is 1. The summed E-state index contributed by atoms with van der Waals surface area (Å²) in [5.41, 5.74) is 1.40. The number of nitriles is 1. The molecule has 5 heteroatoms. The molecule has 4 nitrogen and oxygen atoms in total. The van der Waals surface area contributed by atoms with Gasteiger partial charge in [-0.2, -0.15) is 5.26 Å². The molecule has 0 amide bonds. The fourth-order valence-electron chi connectivity index (χ4n) is 2.09. The second kappa shape index (κ2) is 5.48. The van der Waals surface area contributed by atoms with Crippen molar-refractivity contribution in [3.05, 3.63) is 22.4 Å². The number of rotatable bonds is 2. The normalized spacial score (nSPS) is 16.9. The summed E-state index contributed by atoms with van der Waals surface area (Å²) in [4.78, 5) is 6.33. The first kappa shape index (κ1) is 12.3. The van der Waals surface area contributed by atoms with E-state index in [0.29, 0.717) is 11.8 Å². The zero-order valence-corrected chi connectivity index (χ0v) is 11.3. The molecule has 0 spiro atoms. The molecule has 1 fully saturated rings. The van der Waals surface area contributed by atoms with E-state index in [9.17, 15) is 0 Å². The van der Waals surface area contributed by atoms with Gasteiger partial charge in [0.15, 0.2) is 5.69 Å². The first-order valence-corrected chi connectivity index (χ1v) is 6.37. The highest BCUT2D eigenvalue weighted by Gasteiger charge is 2.21. The molecule has 0 atom stereocenters. The summed E-state index contributed by atoms with van der Waals surface area (Å²) in [5.74, 6) is 0. The summed E-state index contributed by atoms with van der Waals surface area (Å²) < 4.78 is 6.24. The van der Waals surface area contributed by atoms with Crippen LogP contribution < -0.4 is 4.90 Å². The van der Waals surface area contributed by atoms with E-state index in [1.807, 2.05) is 6.07 Å². The molecule has 0 saturated carbocycles. The van der Waals surface area contributed by atoms with E-state index in [2.05, 4.69) is 31.9 Å². The van der Waals surface area contributed by atoms with Gasteiger partial charge in [-0.1, -0.05) is 0 Å². The molecule has 0 aliphatic carbocycles. The van der Waals surface area contributed by atoms with E-state index in [1.165, 1.54) is 0 Å². The molecule has 0 radical (unpaired) electrons. The van der Waals surface area contributed by atoms with Gasteiger partial charge in [0.05, 0.1) is 11.8 Å². The lowest BCUT2D eigenvalue weighted by Crippen LogP contribution is -2.37. The Morgan fingerprint density at radius 2 is 2.24 bits per heavy atom. The van der Waals surface area contributed by atoms with E-state index in [4.69, 9.17) is 10.00 Å². The molecule has 2 rings (SSSR count). The third-order valence-electron chi connectivity index (χ3n) is 3.06. The van der Waals surface area contributed by atoms with Crippen molar-refractivity contribution in [1.82, 2.24) is 4.98 Å². The summed E-state index contributed by atoms with van der Waals surface area (Å²) in [6, 6.07) is 4.10. The minimum atomic E-state index is 0.344. The molecule has 0 bridgehead atoms. The van der Waals surface area contributed by atoms with Gasteiger partial charge in [-0.3, -0.25) is 0 Å². The number of hydrogen-bond acceptors (Lipinski definition) is 4. The van der Waals surface area contributed by atoms with Gasteiger partial charge >= 0.3 is 0 Å². The van der Waals surface area contributed by atoms with Crippen molar-refractivity contribution in [3.8, 4) is 6.07 Å². The molecule has 0 aromatic carbocycles. The molecule has 90 valence electrons. The van der Waals surface area contributed by atoms with E-state index < -0.39 is 0 Å². The van der Waals surface area contributed by atoms with E-state index in [0.717, 1.165) is 36.1 Å². The van der Waals surface area contributed by atoms with Gasteiger partial charge in [0, 0.05) is 30.9 Å². The quantitative estimate of drug-likeness (QED) is 0.840. The Kier molecular flexibility index (Phi) is 3.97. The van der Waals surface area contributed by atoms with Crippen molar-refractivity contribution in [3.63, 3.8) is 0 Å². The number of hydrogen-bond donors (Lipinski definition) is 0. The van der Waals surface area contributed by atoms with Crippen molar-refractivity contribution < 1.29 is 4.74 Å². The first-order valence-electron chi connectivity index (χ1n) is 5.58. The fourth-order valence-corrected chi connectivity index (χ4v) is 2.41. The SMILES string of the molecule is COC1CCN(c2cc(Br)cnc2C#N)CC1. The van der Waals surface area contributed by atoms with Crippen LogP contribution in [0.5, 0.6) is 0 Å². The van der Waals surface area contributed by atoms with Crippen molar-refractivity contribution >= 4 is 21.6 Å². The number of aromatic nitrogens is 1. The number of nitrogens with zero attached hydrogens (tertiary/aromatic N) is 3. The lowest BCUT2D eigenvalue weighted by Gasteiger charge is -2.33. The molecule has 1 aromatic rings. The van der Waals surface area contributed by atoms with Gasteiger partial charge in [0.2, 0.25) is 0 Å². The fraction of sp³-hybridized carbons (Fsp3) is 0.500. The lowest BCUT2D eigenvalue weighted by atomic mass is 10.1. The first-order chi connectivity index (χ1) is 8.24. The third-order valence-corrected chi connectivity index (χ3v) is 3.49. The van der Waals surface area contributed by atoms with Crippen LogP contribution in [0.3, 0.4) is 0 Å². The summed E-state index contributed by atoms with van der Waals surface area (Å²) in [5, 5.41) is 9.06. The van der Waals surface area contributed by atoms with E-state index >= 15 is 0 Å². The molecule has 1 aliphatic heterocycles. The van der Waals surface area contributed by atoms with Crippen LogP contribution in [0.1, 0.15) is 18.5 Å². The maximum absolute atomic E-state index is 9.06. The summed E-state index contributed by atoms with van der Waals surface area (Å²) in [6.45, 7) is 1.82. The zero-order valence-electron chi connectivity index (χ0n) is 9.69. The topological polar surface area (TPSA) is 49.1 Å². The second-order valence-corrected chi connectivity index (χ2v) is 4.97. The molecule has 1 aromatic heterocycles. The van der Waals surface area contributed by atoms with Crippen LogP contribution in [0, 0.1) is 11.3 Å². The largest absolute Gasteiger partial charge is 0.381 e. The molecule has 2 heterocycles. The maximum atomic E-state index is 9.06. The average Bonchev–Trinajstić information content (AvgIpc) is 2.39. The Morgan fingerprint density at radius 3 is 2.82 bits per heavy atom. The standard InChI is InChI=1S/C12H14BrN3O/c1-17-10-2-4-16(5-3-10)12-6-9(13)8-15-11(12)7-14/h6,8,10H,2-5H2,1H3. The van der Waals surface area contributed by atoms with Crippen molar-refractivity contribution in [2.75, 3.05) is 25.1 Å². The Labute approximate surface area is 109 Å². The van der Waals surface area contributed by atoms with Gasteiger partial charge in [-0.05, 0) is 34.8 Å². The zero-order chi connectivity index (χ0) is 12.3. The van der Waals surface area contributed by atoms with E-state index in [1.54, 1.807) is 13.3 Å². The highest BCUT2D eigenvalue weighted by Crippen LogP contribution is 2.26. The van der Waals surface area contributed by atoms with Gasteiger partial charge < -0.3 is 9.64 Å². The Morgan fingerprint density at radius 1 is 1.53 bits per heavy atom. The Balaban J connectivity index is 2.18. The number of ether oxygens (including phenoxy) is 1. The van der Waals surface area contributed by atoms with Gasteiger partial charge in [-0.25, -0.2) is 4.98 Å². The molecular formula is C12H14BrN3O. The van der Waals surface area contributed by atoms with Crippen molar-refractivity contribution in [2.45, 2.75) is 18.9 Å². The minimum absolute atomic E-state index is 0.344. The predicted octanol–water partition coefficient (Wildman–Crippen LogP) is 2.33. The smallest absolute Gasteiger partial charge is 0.163 e. The predicted molar refractivity (Wildman–Crippen MR) is 68.9 cm³/mol. The number of anilines is 1. The van der Waals surface area contributed by atoms with Gasteiger partial charge in [-0.15, -0.1) is 0 Å². The molecule has 0 N–H and O–H groups in total. The van der Waals surface area contributed by atoms with Crippen molar-refractivity contribution in [2.24, 2.45) is 0 Å². The Hall–Kier alpha value is -1.12. The highest BCUT2D eigenvalue weighted by atomic mass is 79.9. The number of piperidine rings is 1. The molecule has 17 heavy (non-hydrogen) atoms. The maximum Gasteiger partial charge on any atom is 0.163 e. The van der Waals surface area contributed by atoms with Crippen LogP contribution in [-0.2, 0) is 4.74 Å². The van der Waals surface area contributed by atoms with Crippen molar-refractivity contribution in [1.29, 1.82) is 5.26 Å². The average molecular weight is 296 g/mol. The lowest BCUT2D eigenvalue weighted by molar-refractivity contribution is 0.0819. The van der Waals surface area contributed by atoms with Crippen LogP contribution in [0.2, 0.25) is 0 Å². The summed E-state index contributed by atoms with van der Waals surface area (Å²) >= 11 is 3.39. The molecule has 0 unspecified atom stereocenters. The monoisotopic (exact) mass is 295 g/mol. The highest BCUT2D eigenvalue weighted by molar-refractivity contribution is 9.10. The third kappa shape index (κ3) is 2.76. The van der Waals surface area contributed by atoms with Crippen LogP contribution in [-0.4, -0.2) is 31.3 Å². The summed E-state index contributed by atoms with van der Waals surface area (Å²) in [7, 11) is 1.75. The van der Waals surface area contributed by atoms with Gasteiger partial charge in [0.1, 0.15) is 6.07 Å².